The van der Waals surface area contributed by atoms with E-state index in [1.807, 2.05) is 36.5 Å². The smallest absolute Gasteiger partial charge is 0.135 e. The maximum atomic E-state index is 4.66. The number of fused-ring (bicyclic) bond motifs is 3. The van der Waals surface area contributed by atoms with Gasteiger partial charge in [0.2, 0.25) is 0 Å². The van der Waals surface area contributed by atoms with Crippen molar-refractivity contribution in [3.8, 4) is 5.82 Å². The molecule has 0 spiro atoms. The van der Waals surface area contributed by atoms with Gasteiger partial charge >= 0.3 is 0 Å². The van der Waals surface area contributed by atoms with Gasteiger partial charge in [-0.15, -0.1) is 11.1 Å². The van der Waals surface area contributed by atoms with Gasteiger partial charge in [-0.25, -0.2) is 4.98 Å². The van der Waals surface area contributed by atoms with Crippen molar-refractivity contribution < 1.29 is 21.1 Å². The van der Waals surface area contributed by atoms with Gasteiger partial charge < -0.3 is 14.4 Å². The largest absolute Gasteiger partial charge is 0.510 e. The summed E-state index contributed by atoms with van der Waals surface area (Å²) in [7, 11) is -0.0364. The molecule has 0 N–H and O–H groups in total. The summed E-state index contributed by atoms with van der Waals surface area (Å²) in [5, 5.41) is 4.94. The van der Waals surface area contributed by atoms with Crippen molar-refractivity contribution in [2.24, 2.45) is 0 Å². The van der Waals surface area contributed by atoms with Gasteiger partial charge in [0.25, 0.3) is 0 Å². The van der Waals surface area contributed by atoms with E-state index in [0.717, 1.165) is 22.5 Å². The molecule has 0 bridgehead atoms. The summed E-state index contributed by atoms with van der Waals surface area (Å²) in [5.74, 6) is 0.913. The third-order valence-corrected chi connectivity index (χ3v) is 9.91. The number of para-hydroxylation sites is 1. The predicted octanol–water partition coefficient (Wildman–Crippen LogP) is 4.94. The van der Waals surface area contributed by atoms with E-state index in [1.54, 1.807) is 0 Å². The summed E-state index contributed by atoms with van der Waals surface area (Å²) >= 11 is 0. The van der Waals surface area contributed by atoms with Crippen molar-refractivity contribution in [2.75, 3.05) is 11.9 Å². The Kier molecular flexibility index (Phi) is 6.16. The van der Waals surface area contributed by atoms with Crippen molar-refractivity contribution in [1.82, 2.24) is 14.5 Å². The molecule has 3 aromatic carbocycles. The molecule has 1 aliphatic heterocycles. The number of aromatic nitrogens is 2. The van der Waals surface area contributed by atoms with Crippen molar-refractivity contribution in [3.63, 3.8) is 0 Å². The second-order valence-electron chi connectivity index (χ2n) is 9.24. The molecule has 2 aromatic heterocycles. The molecule has 4 nitrogen and oxygen atoms in total. The van der Waals surface area contributed by atoms with Gasteiger partial charge in [0.05, 0.1) is 8.07 Å². The van der Waals surface area contributed by atoms with Crippen LogP contribution >= 0.6 is 0 Å². The summed E-state index contributed by atoms with van der Waals surface area (Å²) in [4.78, 5) is 8.82. The van der Waals surface area contributed by atoms with E-state index in [0.29, 0.717) is 0 Å². The van der Waals surface area contributed by atoms with E-state index in [-0.39, 0.29) is 21.1 Å². The third-order valence-electron chi connectivity index (χ3n) is 6.64. The maximum Gasteiger partial charge on any atom is 0.135 e. The molecule has 3 heterocycles. The molecule has 0 atom stereocenters. The Morgan fingerprint density at radius 3 is 2.37 bits per heavy atom. The molecule has 0 saturated carbocycles. The van der Waals surface area contributed by atoms with E-state index in [9.17, 15) is 0 Å². The molecule has 0 fully saturated rings. The molecule has 178 valence electrons. The zero-order chi connectivity index (χ0) is 23.3. The summed E-state index contributed by atoms with van der Waals surface area (Å²) in [6, 6.07) is 33.1. The minimum atomic E-state index is -2.07. The zero-order valence-corrected chi connectivity index (χ0v) is 23.1. The number of anilines is 1. The fraction of sp³-hybridized carbons (Fsp3) is 0.103. The second-order valence-corrected chi connectivity index (χ2v) is 13.6. The van der Waals surface area contributed by atoms with Crippen LogP contribution in [0.1, 0.15) is 0 Å². The molecule has 0 aliphatic carbocycles. The molecule has 6 heteroatoms. The first-order valence-corrected chi connectivity index (χ1v) is 14.5. The second kappa shape index (κ2) is 9.14. The predicted molar refractivity (Wildman–Crippen MR) is 143 cm³/mol. The van der Waals surface area contributed by atoms with Gasteiger partial charge in [-0.3, -0.25) is 0 Å². The van der Waals surface area contributed by atoms with Crippen LogP contribution in [-0.4, -0.2) is 29.6 Å². The van der Waals surface area contributed by atoms with Crippen LogP contribution in [0.15, 0.2) is 91.4 Å². The minimum Gasteiger partial charge on any atom is -0.510 e. The van der Waals surface area contributed by atoms with Crippen LogP contribution in [0.25, 0.3) is 27.6 Å². The average molecular weight is 653 g/mol. The quantitative estimate of drug-likeness (QED) is 0.203. The molecule has 0 amide bonds. The monoisotopic (exact) mass is 652 g/mol. The Morgan fingerprint density at radius 2 is 1.60 bits per heavy atom. The van der Waals surface area contributed by atoms with Gasteiger partial charge in [-0.05, 0) is 43.0 Å². The number of hydrogen-bond donors (Lipinski definition) is 0. The van der Waals surface area contributed by atoms with E-state index < -0.39 is 8.07 Å². The topological polar surface area (TPSA) is 24.3 Å². The number of pyridine rings is 1. The van der Waals surface area contributed by atoms with Gasteiger partial charge in [0.1, 0.15) is 5.82 Å². The Morgan fingerprint density at radius 1 is 0.800 bits per heavy atom. The first kappa shape index (κ1) is 23.6. The van der Waals surface area contributed by atoms with Crippen molar-refractivity contribution in [1.29, 1.82) is 0 Å². The van der Waals surface area contributed by atoms with E-state index in [4.69, 9.17) is 0 Å². The number of rotatable bonds is 4. The summed E-state index contributed by atoms with van der Waals surface area (Å²) < 4.78 is 2.23. The summed E-state index contributed by atoms with van der Waals surface area (Å²) in [6.45, 7) is 6.82. The van der Waals surface area contributed by atoms with Crippen molar-refractivity contribution in [2.45, 2.75) is 13.1 Å². The molecular weight excluding hydrogens is 628 g/mol. The van der Waals surface area contributed by atoms with E-state index in [1.165, 1.54) is 21.1 Å². The first-order valence-electron chi connectivity index (χ1n) is 11.5. The molecule has 6 rings (SSSR count). The average Bonchev–Trinajstić information content (AvgIpc) is 3.45. The fourth-order valence-electron chi connectivity index (χ4n) is 4.69. The van der Waals surface area contributed by atoms with E-state index in [2.05, 4.69) is 113 Å². The van der Waals surface area contributed by atoms with Crippen LogP contribution < -0.4 is 15.3 Å². The number of benzene rings is 3. The summed E-state index contributed by atoms with van der Waals surface area (Å²) in [6.07, 6.45) is 5.95. The molecule has 0 radical (unpaired) electrons. The van der Waals surface area contributed by atoms with Crippen LogP contribution in [0.3, 0.4) is 0 Å². The molecular formula is C29H25N4PtSi-3. The Balaban J connectivity index is 0.00000253. The maximum absolute atomic E-state index is 4.66. The van der Waals surface area contributed by atoms with Crippen molar-refractivity contribution in [3.05, 3.63) is 110 Å². The van der Waals surface area contributed by atoms with E-state index >= 15 is 0 Å². The molecule has 5 aromatic rings. The Hall–Kier alpha value is -3.14. The standard InChI is InChI=1S/C29H25N4Si.Pt/c1-31-17-18-32(21-31)22-9-8-10-23(19-22)34(2,3)24-14-15-26-25-11-4-5-12-27(25)33(28(26)20-24)29-13-6-7-16-30-29;/h4-18,21H,1-3H3;/q-3;. The SMILES string of the molecule is CN1C=CN(c2[c-]c([Si](C)(C)c3[c-]c4c(cc3)c3ccccc3n4-c3ccccn3)ccc2)[CH-]1.[Pt]. The molecule has 0 saturated heterocycles. The van der Waals surface area contributed by atoms with Gasteiger partial charge in [-0.1, -0.05) is 42.9 Å². The zero-order valence-electron chi connectivity index (χ0n) is 19.8. The fourth-order valence-corrected chi connectivity index (χ4v) is 6.87. The molecule has 1 aliphatic rings. The number of hydrogen-bond acceptors (Lipinski definition) is 3. The van der Waals surface area contributed by atoms with Crippen LogP contribution in [0, 0.1) is 18.8 Å². The molecule has 35 heavy (non-hydrogen) atoms. The normalized spacial score (nSPS) is 13.6. The summed E-state index contributed by atoms with van der Waals surface area (Å²) in [5.41, 5.74) is 3.28. The van der Waals surface area contributed by atoms with Crippen LogP contribution in [0.2, 0.25) is 13.1 Å². The number of nitrogens with zero attached hydrogens (tertiary/aromatic N) is 4. The minimum absolute atomic E-state index is 0. The van der Waals surface area contributed by atoms with Gasteiger partial charge in [-0.2, -0.15) is 59.5 Å². The van der Waals surface area contributed by atoms with Crippen LogP contribution in [-0.2, 0) is 21.1 Å². The Labute approximate surface area is 221 Å². The van der Waals surface area contributed by atoms with Crippen LogP contribution in [0.4, 0.5) is 5.69 Å². The van der Waals surface area contributed by atoms with Gasteiger partial charge in [0, 0.05) is 32.8 Å². The van der Waals surface area contributed by atoms with Crippen molar-refractivity contribution >= 4 is 45.9 Å². The van der Waals surface area contributed by atoms with Crippen LogP contribution in [0.5, 0.6) is 0 Å². The Bertz CT molecular complexity index is 1540. The molecule has 0 unspecified atom stereocenters. The van der Waals surface area contributed by atoms with Gasteiger partial charge in [0.15, 0.2) is 0 Å². The first-order chi connectivity index (χ1) is 16.5. The third kappa shape index (κ3) is 4.03.